The maximum Gasteiger partial charge on any atom is 0.251 e. The highest BCUT2D eigenvalue weighted by molar-refractivity contribution is 6.31. The van der Waals surface area contributed by atoms with Gasteiger partial charge in [0.1, 0.15) is 0 Å². The first kappa shape index (κ1) is 23.7. The van der Waals surface area contributed by atoms with Crippen molar-refractivity contribution in [1.29, 1.82) is 0 Å². The van der Waals surface area contributed by atoms with E-state index < -0.39 is 23.5 Å². The van der Waals surface area contributed by atoms with Crippen LogP contribution in [0.25, 0.3) is 10.9 Å². The van der Waals surface area contributed by atoms with Crippen LogP contribution < -0.4 is 10.8 Å². The monoisotopic (exact) mass is 493 g/mol. The van der Waals surface area contributed by atoms with Crippen LogP contribution in [-0.4, -0.2) is 40.3 Å². The van der Waals surface area contributed by atoms with Crippen LogP contribution in [0.15, 0.2) is 48.5 Å². The van der Waals surface area contributed by atoms with Gasteiger partial charge in [-0.3, -0.25) is 19.8 Å². The first-order valence-corrected chi connectivity index (χ1v) is 12.3. The largest absolute Gasteiger partial charge is 0.375 e. The fraction of sp³-hybridized carbons (Fsp3) is 0.370. The number of benzene rings is 2. The molecule has 3 atom stereocenters. The van der Waals surface area contributed by atoms with Crippen molar-refractivity contribution >= 4 is 34.3 Å². The zero-order valence-corrected chi connectivity index (χ0v) is 20.3. The molecule has 1 saturated heterocycles. The molecule has 5 rings (SSSR count). The molecule has 2 fully saturated rings. The summed E-state index contributed by atoms with van der Waals surface area (Å²) in [6.45, 7) is 2.63. The Morgan fingerprint density at radius 1 is 1.17 bits per heavy atom. The lowest BCUT2D eigenvalue weighted by Gasteiger charge is -2.22. The Labute approximate surface area is 208 Å². The van der Waals surface area contributed by atoms with Crippen LogP contribution in [0.4, 0.5) is 0 Å². The Kier molecular flexibility index (Phi) is 6.49. The van der Waals surface area contributed by atoms with Crippen LogP contribution in [0.5, 0.6) is 0 Å². The summed E-state index contributed by atoms with van der Waals surface area (Å²) < 4.78 is 5.94. The molecular weight excluding hydrogens is 466 g/mol. The number of pyridine rings is 1. The number of nitrogens with zero attached hydrogens (tertiary/aromatic N) is 1. The molecule has 1 aliphatic heterocycles. The molecule has 7 nitrogen and oxygen atoms in total. The highest BCUT2D eigenvalue weighted by Crippen LogP contribution is 2.44. The fourth-order valence-corrected chi connectivity index (χ4v) is 5.74. The van der Waals surface area contributed by atoms with Gasteiger partial charge in [0.15, 0.2) is 0 Å². The van der Waals surface area contributed by atoms with Crippen molar-refractivity contribution in [3.8, 4) is 0 Å². The molecular formula is C27H28ClN3O4. The minimum Gasteiger partial charge on any atom is -0.375 e. The average molecular weight is 494 g/mol. The van der Waals surface area contributed by atoms with E-state index in [1.165, 1.54) is 0 Å². The Hall–Kier alpha value is -3.00. The van der Waals surface area contributed by atoms with Gasteiger partial charge < -0.3 is 10.1 Å². The number of amides is 2. The summed E-state index contributed by atoms with van der Waals surface area (Å²) in [6, 6.07) is 14.8. The summed E-state index contributed by atoms with van der Waals surface area (Å²) in [5, 5.41) is 13.9. The van der Waals surface area contributed by atoms with Gasteiger partial charge in [0.05, 0.1) is 17.0 Å². The summed E-state index contributed by atoms with van der Waals surface area (Å²) in [4.78, 5) is 29.9. The third kappa shape index (κ3) is 4.89. The Morgan fingerprint density at radius 3 is 2.69 bits per heavy atom. The Bertz CT molecular complexity index is 1270. The zero-order valence-electron chi connectivity index (χ0n) is 19.5. The third-order valence-corrected chi connectivity index (χ3v) is 7.45. The number of rotatable bonds is 5. The second-order valence-electron chi connectivity index (χ2n) is 9.66. The Balaban J connectivity index is 1.31. The van der Waals surface area contributed by atoms with E-state index in [9.17, 15) is 14.8 Å². The molecule has 3 N–H and O–H groups in total. The number of ether oxygens (including phenoxy) is 1. The van der Waals surface area contributed by atoms with E-state index in [2.05, 4.69) is 16.4 Å². The van der Waals surface area contributed by atoms with Crippen LogP contribution >= 0.6 is 11.6 Å². The molecule has 2 aromatic carbocycles. The zero-order chi connectivity index (χ0) is 24.6. The van der Waals surface area contributed by atoms with E-state index in [4.69, 9.17) is 16.3 Å². The molecule has 0 unspecified atom stereocenters. The number of aryl methyl sites for hydroxylation is 1. The number of hydrogen-bond donors (Lipinski definition) is 3. The lowest BCUT2D eigenvalue weighted by Crippen LogP contribution is -2.43. The van der Waals surface area contributed by atoms with Crippen LogP contribution in [0.1, 0.15) is 52.9 Å². The van der Waals surface area contributed by atoms with Gasteiger partial charge in [-0.1, -0.05) is 23.7 Å². The highest BCUT2D eigenvalue weighted by Gasteiger charge is 2.51. The second-order valence-corrected chi connectivity index (χ2v) is 10.1. The van der Waals surface area contributed by atoms with E-state index in [1.54, 1.807) is 17.6 Å². The SMILES string of the molecule is Cc1cc(Cc2ccc(C(=O)N[C@@H]3C[C@@]4(CCCO4)C[C@@H]3C(=O)NO)cc2)c2cc(Cl)ccc2n1. The summed E-state index contributed by atoms with van der Waals surface area (Å²) >= 11 is 6.22. The number of aromatic nitrogens is 1. The van der Waals surface area contributed by atoms with Crippen molar-refractivity contribution in [1.82, 2.24) is 15.8 Å². The molecule has 1 aromatic heterocycles. The number of nitrogens with one attached hydrogen (secondary N) is 2. The molecule has 1 spiro atoms. The highest BCUT2D eigenvalue weighted by atomic mass is 35.5. The van der Waals surface area contributed by atoms with Crippen LogP contribution in [0.3, 0.4) is 0 Å². The van der Waals surface area contributed by atoms with Crippen LogP contribution in [-0.2, 0) is 16.0 Å². The number of carbonyl (C=O) groups excluding carboxylic acids is 2. The van der Waals surface area contributed by atoms with Crippen molar-refractivity contribution in [3.63, 3.8) is 0 Å². The van der Waals surface area contributed by atoms with Crippen molar-refractivity contribution in [2.45, 2.75) is 50.7 Å². The second kappa shape index (κ2) is 9.57. The maximum atomic E-state index is 13.0. The fourth-order valence-electron chi connectivity index (χ4n) is 5.56. The maximum absolute atomic E-state index is 13.0. The van der Waals surface area contributed by atoms with E-state index >= 15 is 0 Å². The van der Waals surface area contributed by atoms with Crippen LogP contribution in [0.2, 0.25) is 5.02 Å². The van der Waals surface area contributed by atoms with Gasteiger partial charge in [-0.25, -0.2) is 5.48 Å². The molecule has 0 radical (unpaired) electrons. The van der Waals surface area contributed by atoms with Crippen LogP contribution in [0, 0.1) is 12.8 Å². The topological polar surface area (TPSA) is 101 Å². The van der Waals surface area contributed by atoms with E-state index in [-0.39, 0.29) is 5.91 Å². The number of carbonyl (C=O) groups is 2. The molecule has 3 aromatic rings. The average Bonchev–Trinajstić information content (AvgIpc) is 3.45. The molecule has 35 heavy (non-hydrogen) atoms. The molecule has 2 aliphatic rings. The van der Waals surface area contributed by atoms with Gasteiger partial charge in [0.25, 0.3) is 5.91 Å². The Morgan fingerprint density at radius 2 is 1.97 bits per heavy atom. The van der Waals surface area contributed by atoms with Crippen molar-refractivity contribution in [2.75, 3.05) is 6.61 Å². The van der Waals surface area contributed by atoms with Gasteiger partial charge in [-0.15, -0.1) is 0 Å². The molecule has 0 bridgehead atoms. The summed E-state index contributed by atoms with van der Waals surface area (Å²) in [5.74, 6) is -1.27. The number of halogens is 1. The molecule has 2 heterocycles. The van der Waals surface area contributed by atoms with Crippen molar-refractivity contribution < 1.29 is 19.5 Å². The number of fused-ring (bicyclic) bond motifs is 1. The van der Waals surface area contributed by atoms with Gasteiger partial charge in [0.2, 0.25) is 5.91 Å². The molecule has 1 aliphatic carbocycles. The van der Waals surface area contributed by atoms with Gasteiger partial charge in [-0.2, -0.15) is 0 Å². The summed E-state index contributed by atoms with van der Waals surface area (Å²) in [7, 11) is 0. The number of hydrogen-bond acceptors (Lipinski definition) is 5. The molecule has 1 saturated carbocycles. The summed E-state index contributed by atoms with van der Waals surface area (Å²) in [6.07, 6.45) is 3.54. The molecule has 182 valence electrons. The lowest BCUT2D eigenvalue weighted by atomic mass is 9.96. The molecule has 8 heteroatoms. The predicted octanol–water partition coefficient (Wildman–Crippen LogP) is 4.35. The smallest absolute Gasteiger partial charge is 0.251 e. The molecule has 2 amide bonds. The summed E-state index contributed by atoms with van der Waals surface area (Å²) in [5.41, 5.74) is 5.90. The minimum atomic E-state index is -0.531. The quantitative estimate of drug-likeness (QED) is 0.362. The minimum absolute atomic E-state index is 0.246. The van der Waals surface area contributed by atoms with Gasteiger partial charge >= 0.3 is 0 Å². The van der Waals surface area contributed by atoms with E-state index in [0.717, 1.165) is 40.6 Å². The predicted molar refractivity (Wildman–Crippen MR) is 133 cm³/mol. The normalized spacial score (nSPS) is 23.6. The lowest BCUT2D eigenvalue weighted by molar-refractivity contribution is -0.134. The van der Waals surface area contributed by atoms with E-state index in [1.807, 2.05) is 37.3 Å². The van der Waals surface area contributed by atoms with Crippen molar-refractivity contribution in [3.05, 3.63) is 75.9 Å². The standard InChI is InChI=1S/C27H28ClN3O4/c1-16-11-19(21-13-20(28)7-8-23(21)29-16)12-17-3-5-18(6-4-17)25(32)30-24-15-27(9-2-10-35-27)14-22(24)26(33)31-34/h3-8,11,13,22,24,34H,2,9-10,12,14-15H2,1H3,(H,30,32)(H,31,33)/t22-,24+,27+/m0/s1. The van der Waals surface area contributed by atoms with Gasteiger partial charge in [0, 0.05) is 34.3 Å². The first-order valence-electron chi connectivity index (χ1n) is 11.9. The van der Waals surface area contributed by atoms with E-state index in [0.29, 0.717) is 36.5 Å². The first-order chi connectivity index (χ1) is 16.9. The van der Waals surface area contributed by atoms with Gasteiger partial charge in [-0.05, 0) is 86.6 Å². The third-order valence-electron chi connectivity index (χ3n) is 7.21. The van der Waals surface area contributed by atoms with Crippen molar-refractivity contribution in [2.24, 2.45) is 5.92 Å². The number of hydroxylamine groups is 1.